The highest BCUT2D eigenvalue weighted by Crippen LogP contribution is 2.29. The number of alkyl halides is 3. The Hall–Kier alpha value is -0.690. The molecule has 1 N–H and O–H groups in total. The number of anilines is 1. The minimum atomic E-state index is -4.51. The number of hydrogen-bond acceptors (Lipinski definition) is 4. The van der Waals surface area contributed by atoms with Gasteiger partial charge in [-0.1, -0.05) is 0 Å². The van der Waals surface area contributed by atoms with E-state index in [0.717, 1.165) is 11.8 Å². The molecule has 8 heteroatoms. The Balaban J connectivity index is 2.82. The summed E-state index contributed by atoms with van der Waals surface area (Å²) >= 11 is 6.98. The maximum atomic E-state index is 12.4. The molecule has 90 valence electrons. The first-order valence-corrected chi connectivity index (χ1v) is 6.05. The first-order valence-electron chi connectivity index (χ1n) is 4.28. The number of halogens is 4. The van der Waals surface area contributed by atoms with Crippen molar-refractivity contribution in [2.45, 2.75) is 6.18 Å². The van der Waals surface area contributed by atoms with Crippen molar-refractivity contribution in [1.82, 2.24) is 9.97 Å². The second-order valence-electron chi connectivity index (χ2n) is 2.82. The van der Waals surface area contributed by atoms with Gasteiger partial charge in [0.05, 0.1) is 0 Å². The van der Waals surface area contributed by atoms with Crippen LogP contribution in [0.15, 0.2) is 6.07 Å². The highest BCUT2D eigenvalue weighted by atomic mass is 35.5. The Morgan fingerprint density at radius 3 is 2.69 bits per heavy atom. The second kappa shape index (κ2) is 5.58. The van der Waals surface area contributed by atoms with Crippen molar-refractivity contribution in [3.05, 3.63) is 17.0 Å². The van der Waals surface area contributed by atoms with Gasteiger partial charge >= 0.3 is 6.18 Å². The molecule has 3 nitrogen and oxygen atoms in total. The van der Waals surface area contributed by atoms with Gasteiger partial charge in [-0.25, -0.2) is 9.97 Å². The standard InChI is InChI=1S/C8H9ClF3N3S/c1-16-3-2-13-6-4-5(8(10,11)12)14-7(9)15-6/h4H,2-3H2,1H3,(H,13,14,15). The van der Waals surface area contributed by atoms with Gasteiger partial charge in [-0.05, 0) is 17.9 Å². The van der Waals surface area contributed by atoms with Crippen LogP contribution in [-0.2, 0) is 6.18 Å². The fourth-order valence-electron chi connectivity index (χ4n) is 0.935. The first kappa shape index (κ1) is 13.4. The number of aromatic nitrogens is 2. The summed E-state index contributed by atoms with van der Waals surface area (Å²) in [6.45, 7) is 0.520. The molecule has 0 saturated carbocycles. The molecule has 0 radical (unpaired) electrons. The zero-order valence-electron chi connectivity index (χ0n) is 8.31. The van der Waals surface area contributed by atoms with Gasteiger partial charge in [0.15, 0.2) is 5.69 Å². The van der Waals surface area contributed by atoms with E-state index in [1.165, 1.54) is 0 Å². The lowest BCUT2D eigenvalue weighted by Crippen LogP contribution is -2.12. The van der Waals surface area contributed by atoms with Gasteiger partial charge in [0.1, 0.15) is 5.82 Å². The summed E-state index contributed by atoms with van der Waals surface area (Å²) in [6, 6.07) is 0.839. The van der Waals surface area contributed by atoms with E-state index >= 15 is 0 Å². The molecule has 16 heavy (non-hydrogen) atoms. The van der Waals surface area contributed by atoms with Crippen molar-refractivity contribution in [1.29, 1.82) is 0 Å². The van der Waals surface area contributed by atoms with Crippen LogP contribution in [0.3, 0.4) is 0 Å². The average Bonchev–Trinajstić information content (AvgIpc) is 2.16. The number of nitrogens with one attached hydrogen (secondary N) is 1. The summed E-state index contributed by atoms with van der Waals surface area (Å²) in [6.07, 6.45) is -2.61. The smallest absolute Gasteiger partial charge is 0.369 e. The lowest BCUT2D eigenvalue weighted by molar-refractivity contribution is -0.141. The Labute approximate surface area is 99.8 Å². The van der Waals surface area contributed by atoms with Crippen molar-refractivity contribution in [3.63, 3.8) is 0 Å². The van der Waals surface area contributed by atoms with Gasteiger partial charge < -0.3 is 5.32 Å². The van der Waals surface area contributed by atoms with Crippen LogP contribution in [0.5, 0.6) is 0 Å². The molecular formula is C8H9ClF3N3S. The first-order chi connectivity index (χ1) is 7.43. The highest BCUT2D eigenvalue weighted by molar-refractivity contribution is 7.98. The molecule has 0 saturated heterocycles. The van der Waals surface area contributed by atoms with E-state index in [9.17, 15) is 13.2 Å². The summed E-state index contributed by atoms with van der Waals surface area (Å²) in [4.78, 5) is 6.77. The SMILES string of the molecule is CSCCNc1cc(C(F)(F)F)nc(Cl)n1. The van der Waals surface area contributed by atoms with Gasteiger partial charge in [0.25, 0.3) is 0 Å². The molecule has 0 amide bonds. The van der Waals surface area contributed by atoms with Gasteiger partial charge in [0, 0.05) is 18.4 Å². The van der Waals surface area contributed by atoms with Gasteiger partial charge in [-0.15, -0.1) is 0 Å². The molecule has 1 heterocycles. The van der Waals surface area contributed by atoms with Crippen LogP contribution in [-0.4, -0.2) is 28.5 Å². The maximum absolute atomic E-state index is 12.4. The molecule has 0 aliphatic carbocycles. The van der Waals surface area contributed by atoms with E-state index in [-0.39, 0.29) is 5.82 Å². The van der Waals surface area contributed by atoms with Gasteiger partial charge in [-0.3, -0.25) is 0 Å². The van der Waals surface area contributed by atoms with Crippen LogP contribution in [0.25, 0.3) is 0 Å². The Morgan fingerprint density at radius 1 is 1.44 bits per heavy atom. The molecule has 0 unspecified atom stereocenters. The third kappa shape index (κ3) is 4.05. The third-order valence-corrected chi connectivity index (χ3v) is 2.38. The molecular weight excluding hydrogens is 263 g/mol. The molecule has 0 aliphatic rings. The van der Waals surface area contributed by atoms with Gasteiger partial charge in [0.2, 0.25) is 5.28 Å². The van der Waals surface area contributed by atoms with E-state index < -0.39 is 17.2 Å². The predicted octanol–water partition coefficient (Wildman–Crippen LogP) is 2.92. The van der Waals surface area contributed by atoms with Crippen molar-refractivity contribution < 1.29 is 13.2 Å². The molecule has 1 rings (SSSR count). The topological polar surface area (TPSA) is 37.8 Å². The minimum absolute atomic E-state index is 0.0846. The predicted molar refractivity (Wildman–Crippen MR) is 58.9 cm³/mol. The molecule has 0 bridgehead atoms. The van der Waals surface area contributed by atoms with Crippen molar-refractivity contribution in [2.75, 3.05) is 23.9 Å². The maximum Gasteiger partial charge on any atom is 0.433 e. The van der Waals surface area contributed by atoms with E-state index in [1.54, 1.807) is 11.8 Å². The number of rotatable bonds is 4. The van der Waals surface area contributed by atoms with E-state index in [0.29, 0.717) is 6.54 Å². The largest absolute Gasteiger partial charge is 0.433 e. The lowest BCUT2D eigenvalue weighted by Gasteiger charge is -2.09. The number of nitrogens with zero attached hydrogens (tertiary/aromatic N) is 2. The van der Waals surface area contributed by atoms with E-state index in [2.05, 4.69) is 15.3 Å². The Bertz CT molecular complexity index is 359. The monoisotopic (exact) mass is 271 g/mol. The lowest BCUT2D eigenvalue weighted by atomic mass is 10.4. The second-order valence-corrected chi connectivity index (χ2v) is 4.15. The summed E-state index contributed by atoms with van der Waals surface area (Å²) in [5, 5.41) is 2.33. The van der Waals surface area contributed by atoms with Crippen molar-refractivity contribution >= 4 is 29.2 Å². The normalized spacial score (nSPS) is 11.6. The number of thioether (sulfide) groups is 1. The number of hydrogen-bond donors (Lipinski definition) is 1. The molecule has 0 spiro atoms. The average molecular weight is 272 g/mol. The van der Waals surface area contributed by atoms with Crippen LogP contribution < -0.4 is 5.32 Å². The van der Waals surface area contributed by atoms with Crippen molar-refractivity contribution in [3.8, 4) is 0 Å². The van der Waals surface area contributed by atoms with Crippen molar-refractivity contribution in [2.24, 2.45) is 0 Å². The van der Waals surface area contributed by atoms with Crippen LogP contribution in [0.1, 0.15) is 5.69 Å². The minimum Gasteiger partial charge on any atom is -0.369 e. The van der Waals surface area contributed by atoms with Crippen LogP contribution >= 0.6 is 23.4 Å². The zero-order chi connectivity index (χ0) is 12.2. The Kier molecular flexibility index (Phi) is 4.67. The zero-order valence-corrected chi connectivity index (χ0v) is 9.88. The molecule has 1 aromatic rings. The third-order valence-electron chi connectivity index (χ3n) is 1.60. The molecule has 0 aliphatic heterocycles. The van der Waals surface area contributed by atoms with Gasteiger partial charge in [-0.2, -0.15) is 24.9 Å². The quantitative estimate of drug-likeness (QED) is 0.675. The fraction of sp³-hybridized carbons (Fsp3) is 0.500. The van der Waals surface area contributed by atoms with Crippen LogP contribution in [0, 0.1) is 0 Å². The molecule has 0 aromatic carbocycles. The summed E-state index contributed by atoms with van der Waals surface area (Å²) in [5.41, 5.74) is -1.04. The summed E-state index contributed by atoms with van der Waals surface area (Å²) < 4.78 is 37.1. The molecule has 0 fully saturated rings. The summed E-state index contributed by atoms with van der Waals surface area (Å²) in [5.74, 6) is 0.851. The van der Waals surface area contributed by atoms with Crippen LogP contribution in [0.2, 0.25) is 5.28 Å². The fourth-order valence-corrected chi connectivity index (χ4v) is 1.42. The highest BCUT2D eigenvalue weighted by Gasteiger charge is 2.33. The van der Waals surface area contributed by atoms with Crippen LogP contribution in [0.4, 0.5) is 19.0 Å². The summed E-state index contributed by atoms with van der Waals surface area (Å²) in [7, 11) is 0. The Morgan fingerprint density at radius 2 is 2.12 bits per heavy atom. The van der Waals surface area contributed by atoms with E-state index in [4.69, 9.17) is 11.6 Å². The molecule has 0 atom stereocenters. The molecule has 1 aromatic heterocycles. The van der Waals surface area contributed by atoms with E-state index in [1.807, 2.05) is 6.26 Å².